The van der Waals surface area contributed by atoms with Crippen LogP contribution in [-0.4, -0.2) is 47.6 Å². The molecule has 2 rings (SSSR count). The van der Waals surface area contributed by atoms with Crippen molar-refractivity contribution in [2.45, 2.75) is 39.7 Å². The number of carbonyl (C=O) groups is 2. The van der Waals surface area contributed by atoms with Gasteiger partial charge in [-0.1, -0.05) is 38.1 Å². The summed E-state index contributed by atoms with van der Waals surface area (Å²) in [6.45, 7) is 6.04. The molecule has 0 spiro atoms. The van der Waals surface area contributed by atoms with Gasteiger partial charge in [0.2, 0.25) is 11.8 Å². The van der Waals surface area contributed by atoms with Crippen molar-refractivity contribution in [1.29, 1.82) is 0 Å². The number of carbonyl (C=O) groups excluding carboxylic acids is 2. The Kier molecular flexibility index (Phi) is 8.83. The number of nitrogens with zero attached hydrogens (tertiary/aromatic N) is 1. The van der Waals surface area contributed by atoms with Gasteiger partial charge in [-0.15, -0.1) is 0 Å². The summed E-state index contributed by atoms with van der Waals surface area (Å²) in [7, 11) is 0. The highest BCUT2D eigenvalue weighted by Crippen LogP contribution is 2.11. The van der Waals surface area contributed by atoms with E-state index in [0.717, 1.165) is 12.8 Å². The molecule has 1 atom stereocenters. The Morgan fingerprint density at radius 1 is 0.828 bits per heavy atom. The quantitative estimate of drug-likeness (QED) is 0.575. The Morgan fingerprint density at radius 2 is 1.21 bits per heavy atom. The standard InChI is InChI=1S/C23H31N3O3/c1-4-18-6-10-20(11-7-18)24-22(28)15-26(14-17(3)27)16-23(29)25-21-12-8-19(5-2)9-13-21/h6-13,17,27H,4-5,14-16H2,1-3H3,(H,24,28)(H,25,29)/t17-/m0/s1. The van der Waals surface area contributed by atoms with E-state index in [-0.39, 0.29) is 31.4 Å². The number of aryl methyl sites for hydroxylation is 2. The van der Waals surface area contributed by atoms with E-state index in [1.54, 1.807) is 11.8 Å². The molecule has 0 aromatic heterocycles. The highest BCUT2D eigenvalue weighted by molar-refractivity contribution is 5.94. The zero-order chi connectivity index (χ0) is 21.2. The number of rotatable bonds is 10. The molecular weight excluding hydrogens is 366 g/mol. The molecule has 2 aromatic rings. The second-order valence-electron chi connectivity index (χ2n) is 7.22. The largest absolute Gasteiger partial charge is 0.392 e. The Labute approximate surface area is 172 Å². The molecule has 0 radical (unpaired) electrons. The fraction of sp³-hybridized carbons (Fsp3) is 0.391. The van der Waals surface area contributed by atoms with Crippen molar-refractivity contribution >= 4 is 23.2 Å². The normalized spacial score (nSPS) is 11.9. The van der Waals surface area contributed by atoms with E-state index in [4.69, 9.17) is 0 Å². The third-order valence-electron chi connectivity index (χ3n) is 4.55. The van der Waals surface area contributed by atoms with Gasteiger partial charge in [0.1, 0.15) is 0 Å². The monoisotopic (exact) mass is 397 g/mol. The summed E-state index contributed by atoms with van der Waals surface area (Å²) in [5.74, 6) is -0.454. The van der Waals surface area contributed by atoms with E-state index < -0.39 is 6.10 Å². The molecule has 0 aliphatic carbocycles. The van der Waals surface area contributed by atoms with E-state index in [1.807, 2.05) is 48.5 Å². The fourth-order valence-corrected chi connectivity index (χ4v) is 3.01. The van der Waals surface area contributed by atoms with Crippen LogP contribution in [0.4, 0.5) is 11.4 Å². The third kappa shape index (κ3) is 8.05. The topological polar surface area (TPSA) is 81.7 Å². The Bertz CT molecular complexity index is 723. The first-order chi connectivity index (χ1) is 13.9. The van der Waals surface area contributed by atoms with Crippen molar-refractivity contribution in [1.82, 2.24) is 4.90 Å². The van der Waals surface area contributed by atoms with Gasteiger partial charge in [-0.05, 0) is 55.2 Å². The third-order valence-corrected chi connectivity index (χ3v) is 4.55. The summed E-state index contributed by atoms with van der Waals surface area (Å²) in [4.78, 5) is 26.4. The molecule has 0 aliphatic rings. The molecule has 3 N–H and O–H groups in total. The van der Waals surface area contributed by atoms with Crippen molar-refractivity contribution in [2.24, 2.45) is 0 Å². The average Bonchev–Trinajstić information content (AvgIpc) is 2.68. The molecule has 0 saturated carbocycles. The smallest absolute Gasteiger partial charge is 0.238 e. The molecule has 0 bridgehead atoms. The van der Waals surface area contributed by atoms with Gasteiger partial charge in [0.25, 0.3) is 0 Å². The molecule has 2 aromatic carbocycles. The maximum absolute atomic E-state index is 12.4. The average molecular weight is 398 g/mol. The van der Waals surface area contributed by atoms with Crippen molar-refractivity contribution in [3.05, 3.63) is 59.7 Å². The first kappa shape index (κ1) is 22.6. The predicted molar refractivity (Wildman–Crippen MR) is 117 cm³/mol. The summed E-state index contributed by atoms with van der Waals surface area (Å²) in [6.07, 6.45) is 1.22. The highest BCUT2D eigenvalue weighted by atomic mass is 16.3. The summed E-state index contributed by atoms with van der Waals surface area (Å²) in [6, 6.07) is 15.3. The van der Waals surface area contributed by atoms with Crippen LogP contribution in [0.2, 0.25) is 0 Å². The molecule has 156 valence electrons. The van der Waals surface area contributed by atoms with Crippen LogP contribution in [0.15, 0.2) is 48.5 Å². The lowest BCUT2D eigenvalue weighted by atomic mass is 10.1. The van der Waals surface area contributed by atoms with Crippen molar-refractivity contribution in [2.75, 3.05) is 30.3 Å². The molecule has 0 saturated heterocycles. The lowest BCUT2D eigenvalue weighted by molar-refractivity contribution is -0.120. The lowest BCUT2D eigenvalue weighted by Crippen LogP contribution is -2.42. The van der Waals surface area contributed by atoms with Gasteiger partial charge in [0.15, 0.2) is 0 Å². The molecule has 0 unspecified atom stereocenters. The summed E-state index contributed by atoms with van der Waals surface area (Å²) >= 11 is 0. The second-order valence-corrected chi connectivity index (χ2v) is 7.22. The van der Waals surface area contributed by atoms with Crippen LogP contribution in [0.3, 0.4) is 0 Å². The fourth-order valence-electron chi connectivity index (χ4n) is 3.01. The maximum atomic E-state index is 12.4. The van der Waals surface area contributed by atoms with E-state index in [2.05, 4.69) is 24.5 Å². The Morgan fingerprint density at radius 3 is 1.52 bits per heavy atom. The molecule has 6 heteroatoms. The molecule has 6 nitrogen and oxygen atoms in total. The first-order valence-electron chi connectivity index (χ1n) is 10.1. The molecule has 2 amide bonds. The number of hydrogen-bond acceptors (Lipinski definition) is 4. The molecule has 0 aliphatic heterocycles. The van der Waals surface area contributed by atoms with Gasteiger partial charge in [0, 0.05) is 17.9 Å². The van der Waals surface area contributed by atoms with Gasteiger partial charge < -0.3 is 15.7 Å². The van der Waals surface area contributed by atoms with E-state index in [1.165, 1.54) is 11.1 Å². The first-order valence-corrected chi connectivity index (χ1v) is 10.1. The van der Waals surface area contributed by atoms with Gasteiger partial charge in [-0.25, -0.2) is 0 Å². The number of anilines is 2. The summed E-state index contributed by atoms with van der Waals surface area (Å²) < 4.78 is 0. The van der Waals surface area contributed by atoms with E-state index >= 15 is 0 Å². The highest BCUT2D eigenvalue weighted by Gasteiger charge is 2.17. The predicted octanol–water partition coefficient (Wildman–Crippen LogP) is 3.07. The van der Waals surface area contributed by atoms with Crippen LogP contribution in [0, 0.1) is 0 Å². The van der Waals surface area contributed by atoms with Crippen LogP contribution in [0.25, 0.3) is 0 Å². The SMILES string of the molecule is CCc1ccc(NC(=O)CN(CC(=O)Nc2ccc(CC)cc2)C[C@H](C)O)cc1. The zero-order valence-corrected chi connectivity index (χ0v) is 17.4. The van der Waals surface area contributed by atoms with Crippen LogP contribution in [0.5, 0.6) is 0 Å². The van der Waals surface area contributed by atoms with Gasteiger partial charge in [-0.3, -0.25) is 14.5 Å². The second kappa shape index (κ2) is 11.3. The maximum Gasteiger partial charge on any atom is 0.238 e. The number of nitrogens with one attached hydrogen (secondary N) is 2. The van der Waals surface area contributed by atoms with Crippen LogP contribution < -0.4 is 10.6 Å². The number of aliphatic hydroxyl groups is 1. The summed E-state index contributed by atoms with van der Waals surface area (Å²) in [5.41, 5.74) is 3.82. The number of aliphatic hydroxyl groups excluding tert-OH is 1. The molecular formula is C23H31N3O3. The van der Waals surface area contributed by atoms with Crippen LogP contribution in [-0.2, 0) is 22.4 Å². The number of hydrogen-bond donors (Lipinski definition) is 3. The van der Waals surface area contributed by atoms with E-state index in [0.29, 0.717) is 11.4 Å². The van der Waals surface area contributed by atoms with Crippen molar-refractivity contribution in [3.8, 4) is 0 Å². The van der Waals surface area contributed by atoms with E-state index in [9.17, 15) is 14.7 Å². The van der Waals surface area contributed by atoms with Crippen molar-refractivity contribution in [3.63, 3.8) is 0 Å². The molecule has 29 heavy (non-hydrogen) atoms. The lowest BCUT2D eigenvalue weighted by Gasteiger charge is -2.22. The Balaban J connectivity index is 1.92. The van der Waals surface area contributed by atoms with Gasteiger partial charge >= 0.3 is 0 Å². The van der Waals surface area contributed by atoms with Gasteiger partial charge in [-0.2, -0.15) is 0 Å². The zero-order valence-electron chi connectivity index (χ0n) is 17.4. The minimum absolute atomic E-state index is 0.0165. The number of amides is 2. The van der Waals surface area contributed by atoms with Crippen LogP contribution in [0.1, 0.15) is 31.9 Å². The number of benzene rings is 2. The molecule has 0 heterocycles. The van der Waals surface area contributed by atoms with Crippen LogP contribution >= 0.6 is 0 Å². The van der Waals surface area contributed by atoms with Crippen molar-refractivity contribution < 1.29 is 14.7 Å². The molecule has 0 fully saturated rings. The summed E-state index contributed by atoms with van der Waals surface area (Å²) in [5, 5.41) is 15.4. The minimum Gasteiger partial charge on any atom is -0.392 e. The Hall–Kier alpha value is -2.70. The van der Waals surface area contributed by atoms with Gasteiger partial charge in [0.05, 0.1) is 19.2 Å². The minimum atomic E-state index is -0.650.